The SMILES string of the molecule is CCC(CCCN)c1ccc(OC)c(Cl)c1. The number of nitrogens with two attached hydrogens (primary N) is 1. The zero-order valence-electron chi connectivity index (χ0n) is 10.0. The summed E-state index contributed by atoms with van der Waals surface area (Å²) in [5, 5.41) is 0.686. The summed E-state index contributed by atoms with van der Waals surface area (Å²) in [4.78, 5) is 0. The molecule has 90 valence electrons. The molecule has 16 heavy (non-hydrogen) atoms. The van der Waals surface area contributed by atoms with Crippen LogP contribution in [-0.4, -0.2) is 13.7 Å². The van der Waals surface area contributed by atoms with Gasteiger partial charge in [0.05, 0.1) is 12.1 Å². The van der Waals surface area contributed by atoms with Crippen LogP contribution in [0.25, 0.3) is 0 Å². The van der Waals surface area contributed by atoms with Gasteiger partial charge < -0.3 is 10.5 Å². The highest BCUT2D eigenvalue weighted by Crippen LogP contribution is 2.31. The first-order valence-electron chi connectivity index (χ1n) is 5.76. The van der Waals surface area contributed by atoms with E-state index in [1.807, 2.05) is 12.1 Å². The van der Waals surface area contributed by atoms with Gasteiger partial charge in [-0.2, -0.15) is 0 Å². The van der Waals surface area contributed by atoms with Crippen LogP contribution >= 0.6 is 11.6 Å². The van der Waals surface area contributed by atoms with Crippen molar-refractivity contribution in [1.82, 2.24) is 0 Å². The van der Waals surface area contributed by atoms with Crippen molar-refractivity contribution in [2.45, 2.75) is 32.1 Å². The largest absolute Gasteiger partial charge is 0.495 e. The molecule has 2 nitrogen and oxygen atoms in total. The van der Waals surface area contributed by atoms with Crippen LogP contribution in [0.3, 0.4) is 0 Å². The maximum Gasteiger partial charge on any atom is 0.137 e. The van der Waals surface area contributed by atoms with E-state index in [0.717, 1.165) is 31.6 Å². The molecule has 0 amide bonds. The molecule has 0 heterocycles. The summed E-state index contributed by atoms with van der Waals surface area (Å²) < 4.78 is 5.14. The van der Waals surface area contributed by atoms with E-state index in [0.29, 0.717) is 10.9 Å². The van der Waals surface area contributed by atoms with Crippen LogP contribution in [0, 0.1) is 0 Å². The molecule has 2 N–H and O–H groups in total. The Morgan fingerprint density at radius 1 is 1.44 bits per heavy atom. The van der Waals surface area contributed by atoms with Crippen molar-refractivity contribution in [3.05, 3.63) is 28.8 Å². The Hall–Kier alpha value is -0.730. The van der Waals surface area contributed by atoms with Gasteiger partial charge >= 0.3 is 0 Å². The maximum absolute atomic E-state index is 6.11. The number of hydrogen-bond acceptors (Lipinski definition) is 2. The first-order valence-corrected chi connectivity index (χ1v) is 6.14. The van der Waals surface area contributed by atoms with Crippen molar-refractivity contribution in [1.29, 1.82) is 0 Å². The minimum atomic E-state index is 0.548. The van der Waals surface area contributed by atoms with Gasteiger partial charge in [-0.1, -0.05) is 24.6 Å². The molecule has 0 radical (unpaired) electrons. The summed E-state index contributed by atoms with van der Waals surface area (Å²) in [5.41, 5.74) is 6.82. The molecule has 1 atom stereocenters. The van der Waals surface area contributed by atoms with Crippen LogP contribution < -0.4 is 10.5 Å². The van der Waals surface area contributed by atoms with Crippen LogP contribution in [0.4, 0.5) is 0 Å². The highest BCUT2D eigenvalue weighted by molar-refractivity contribution is 6.32. The van der Waals surface area contributed by atoms with Crippen LogP contribution in [0.2, 0.25) is 5.02 Å². The highest BCUT2D eigenvalue weighted by Gasteiger charge is 2.11. The molecule has 0 bridgehead atoms. The Balaban J connectivity index is 2.80. The van der Waals surface area contributed by atoms with Crippen molar-refractivity contribution >= 4 is 11.6 Å². The number of ether oxygens (including phenoxy) is 1. The molecule has 3 heteroatoms. The Morgan fingerprint density at radius 2 is 2.19 bits per heavy atom. The molecule has 0 spiro atoms. The normalized spacial score (nSPS) is 12.5. The average molecular weight is 242 g/mol. The molecule has 0 aliphatic heterocycles. The van der Waals surface area contributed by atoms with Gasteiger partial charge in [0.2, 0.25) is 0 Å². The van der Waals surface area contributed by atoms with Gasteiger partial charge in [0.15, 0.2) is 0 Å². The summed E-state index contributed by atoms with van der Waals surface area (Å²) in [7, 11) is 1.63. The second-order valence-corrected chi connectivity index (χ2v) is 4.34. The zero-order chi connectivity index (χ0) is 12.0. The summed E-state index contributed by atoms with van der Waals surface area (Å²) in [5.74, 6) is 1.28. The summed E-state index contributed by atoms with van der Waals surface area (Å²) >= 11 is 6.11. The fourth-order valence-corrected chi connectivity index (χ4v) is 2.17. The number of halogens is 1. The standard InChI is InChI=1S/C13H20ClNO/c1-3-10(5-4-8-15)11-6-7-13(16-2)12(14)9-11/h6-7,9-10H,3-5,8,15H2,1-2H3. The average Bonchev–Trinajstić information content (AvgIpc) is 2.30. The molecule has 0 aromatic heterocycles. The zero-order valence-corrected chi connectivity index (χ0v) is 10.8. The van der Waals surface area contributed by atoms with Crippen molar-refractivity contribution in [2.24, 2.45) is 5.73 Å². The van der Waals surface area contributed by atoms with E-state index >= 15 is 0 Å². The molecule has 1 aromatic rings. The third kappa shape index (κ3) is 3.39. The predicted molar refractivity (Wildman–Crippen MR) is 69.3 cm³/mol. The Kier molecular flexibility index (Phi) is 5.64. The monoisotopic (exact) mass is 241 g/mol. The molecular weight excluding hydrogens is 222 g/mol. The molecule has 0 saturated carbocycles. The molecule has 0 aliphatic carbocycles. The van der Waals surface area contributed by atoms with Crippen LogP contribution in [0.5, 0.6) is 5.75 Å². The Morgan fingerprint density at radius 3 is 2.69 bits per heavy atom. The molecule has 1 rings (SSSR count). The lowest BCUT2D eigenvalue weighted by atomic mass is 9.92. The molecule has 1 unspecified atom stereocenters. The van der Waals surface area contributed by atoms with E-state index in [9.17, 15) is 0 Å². The number of benzene rings is 1. The quantitative estimate of drug-likeness (QED) is 0.826. The van der Waals surface area contributed by atoms with E-state index in [1.165, 1.54) is 5.56 Å². The van der Waals surface area contributed by atoms with Gasteiger partial charge in [0.25, 0.3) is 0 Å². The summed E-state index contributed by atoms with van der Waals surface area (Å²) in [6, 6.07) is 6.03. The smallest absolute Gasteiger partial charge is 0.137 e. The predicted octanol–water partition coefficient (Wildman–Crippen LogP) is 3.58. The van der Waals surface area contributed by atoms with Gasteiger partial charge in [-0.3, -0.25) is 0 Å². The molecule has 0 aliphatic rings. The van der Waals surface area contributed by atoms with Crippen LogP contribution in [0.15, 0.2) is 18.2 Å². The molecule has 1 aromatic carbocycles. The van der Waals surface area contributed by atoms with Crippen molar-refractivity contribution in [2.75, 3.05) is 13.7 Å². The molecule has 0 fully saturated rings. The van der Waals surface area contributed by atoms with E-state index in [4.69, 9.17) is 22.1 Å². The molecular formula is C13H20ClNO. The topological polar surface area (TPSA) is 35.2 Å². The Labute approximate surface area is 103 Å². The third-order valence-electron chi connectivity index (χ3n) is 2.90. The Bertz CT molecular complexity index is 328. The van der Waals surface area contributed by atoms with Gasteiger partial charge in [-0.25, -0.2) is 0 Å². The maximum atomic E-state index is 6.11. The van der Waals surface area contributed by atoms with E-state index in [-0.39, 0.29) is 0 Å². The highest BCUT2D eigenvalue weighted by atomic mass is 35.5. The van der Waals surface area contributed by atoms with Gasteiger partial charge in [0, 0.05) is 0 Å². The minimum Gasteiger partial charge on any atom is -0.495 e. The lowest BCUT2D eigenvalue weighted by molar-refractivity contribution is 0.414. The second-order valence-electron chi connectivity index (χ2n) is 3.93. The third-order valence-corrected chi connectivity index (χ3v) is 3.19. The van der Waals surface area contributed by atoms with E-state index < -0.39 is 0 Å². The van der Waals surface area contributed by atoms with Crippen molar-refractivity contribution in [3.8, 4) is 5.75 Å². The fourth-order valence-electron chi connectivity index (χ4n) is 1.91. The lowest BCUT2D eigenvalue weighted by Gasteiger charge is -2.16. The van der Waals surface area contributed by atoms with Gasteiger partial charge in [-0.05, 0) is 49.4 Å². The first kappa shape index (κ1) is 13.3. The fraction of sp³-hybridized carbons (Fsp3) is 0.538. The van der Waals surface area contributed by atoms with Crippen molar-refractivity contribution < 1.29 is 4.74 Å². The number of rotatable bonds is 6. The first-order chi connectivity index (χ1) is 7.72. The molecule has 0 saturated heterocycles. The number of methoxy groups -OCH3 is 1. The summed E-state index contributed by atoms with van der Waals surface area (Å²) in [6.45, 7) is 2.94. The van der Waals surface area contributed by atoms with E-state index in [2.05, 4.69) is 13.0 Å². The summed E-state index contributed by atoms with van der Waals surface area (Å²) in [6.07, 6.45) is 3.29. The van der Waals surface area contributed by atoms with Crippen molar-refractivity contribution in [3.63, 3.8) is 0 Å². The van der Waals surface area contributed by atoms with E-state index in [1.54, 1.807) is 7.11 Å². The lowest BCUT2D eigenvalue weighted by Crippen LogP contribution is -2.04. The number of hydrogen-bond donors (Lipinski definition) is 1. The second kappa shape index (κ2) is 6.77. The van der Waals surface area contributed by atoms with Gasteiger partial charge in [-0.15, -0.1) is 0 Å². The minimum absolute atomic E-state index is 0.548. The van der Waals surface area contributed by atoms with Gasteiger partial charge in [0.1, 0.15) is 5.75 Å². The van der Waals surface area contributed by atoms with Crippen LogP contribution in [-0.2, 0) is 0 Å². The van der Waals surface area contributed by atoms with Crippen LogP contribution in [0.1, 0.15) is 37.7 Å².